The Labute approximate surface area is 225 Å². The van der Waals surface area contributed by atoms with Gasteiger partial charge in [0, 0.05) is 28.6 Å². The summed E-state index contributed by atoms with van der Waals surface area (Å²) in [4.78, 5) is 40.5. The van der Waals surface area contributed by atoms with Gasteiger partial charge in [0.15, 0.2) is 0 Å². The molecule has 3 rings (SSSR count). The first kappa shape index (κ1) is 28.5. The highest BCUT2D eigenvalue weighted by atomic mass is 32.1. The van der Waals surface area contributed by atoms with E-state index in [-0.39, 0.29) is 6.42 Å². The molecule has 0 radical (unpaired) electrons. The zero-order valence-electron chi connectivity index (χ0n) is 22.3. The third kappa shape index (κ3) is 7.96. The smallest absolute Gasteiger partial charge is 0.415 e. The second-order valence-electron chi connectivity index (χ2n) is 10.7. The molecule has 3 heterocycles. The van der Waals surface area contributed by atoms with Crippen LogP contribution in [0.2, 0.25) is 0 Å². The molecule has 0 saturated heterocycles. The molecule has 0 spiro atoms. The summed E-state index contributed by atoms with van der Waals surface area (Å²) in [6, 6.07) is 3.45. The van der Waals surface area contributed by atoms with Crippen molar-refractivity contribution in [3.63, 3.8) is 0 Å². The second-order valence-corrected chi connectivity index (χ2v) is 12.8. The number of carbonyl (C=O) groups excluding carboxylic acids is 3. The van der Waals surface area contributed by atoms with Crippen LogP contribution >= 0.6 is 22.7 Å². The molecule has 1 atom stereocenters. The van der Waals surface area contributed by atoms with Gasteiger partial charge in [-0.3, -0.25) is 4.90 Å². The summed E-state index contributed by atoms with van der Waals surface area (Å²) in [5, 5.41) is 13.3. The number of aromatic nitrogens is 2. The number of hydrogen-bond acceptors (Lipinski definition) is 9. The van der Waals surface area contributed by atoms with Gasteiger partial charge in [0.05, 0.1) is 23.1 Å². The van der Waals surface area contributed by atoms with E-state index < -0.39 is 29.4 Å². The number of aryl methyl sites for hydroxylation is 1. The zero-order valence-corrected chi connectivity index (χ0v) is 23.9. The Morgan fingerprint density at radius 1 is 1.16 bits per heavy atom. The Kier molecular flexibility index (Phi) is 8.91. The van der Waals surface area contributed by atoms with Gasteiger partial charge in [-0.15, -0.1) is 27.8 Å². The maximum absolute atomic E-state index is 13.3. The van der Waals surface area contributed by atoms with Gasteiger partial charge in [0.1, 0.15) is 23.0 Å². The number of carbonyl (C=O) groups is 3. The average molecular weight is 547 g/mol. The summed E-state index contributed by atoms with van der Waals surface area (Å²) in [6.07, 6.45) is 1.83. The van der Waals surface area contributed by atoms with Gasteiger partial charge in [0.2, 0.25) is 0 Å². The number of thiophene rings is 2. The summed E-state index contributed by atoms with van der Waals surface area (Å²) in [5.41, 5.74) is 0.826. The molecule has 37 heavy (non-hydrogen) atoms. The molecular formula is C26H34N4O5S2. The molecule has 0 saturated carbocycles. The second kappa shape index (κ2) is 11.6. The van der Waals surface area contributed by atoms with Crippen LogP contribution in [0.5, 0.6) is 0 Å². The van der Waals surface area contributed by atoms with E-state index in [0.29, 0.717) is 24.2 Å². The Hall–Kier alpha value is -3.05. The van der Waals surface area contributed by atoms with Crippen LogP contribution < -0.4 is 10.2 Å². The third-order valence-electron chi connectivity index (χ3n) is 5.12. The lowest BCUT2D eigenvalue weighted by atomic mass is 10.1. The lowest BCUT2D eigenvalue weighted by Crippen LogP contribution is -2.40. The van der Waals surface area contributed by atoms with Crippen LogP contribution in [0.3, 0.4) is 0 Å². The molecule has 9 nitrogen and oxygen atoms in total. The Bertz CT molecular complexity index is 1240. The van der Waals surface area contributed by atoms with Gasteiger partial charge < -0.3 is 19.6 Å². The van der Waals surface area contributed by atoms with Crippen molar-refractivity contribution in [2.24, 2.45) is 0 Å². The summed E-state index contributed by atoms with van der Waals surface area (Å²) in [6.45, 7) is 13.1. The number of nitrogens with zero attached hydrogens (tertiary/aromatic N) is 3. The standard InChI is InChI=1S/C26H34N4O5S2/c1-16-20(13-17(10-11-31)28-23(32)34-25(2,3)4)37-22-19(14-27-29-21(16)22)30(15-18-9-8-12-36-18)24(33)35-26(5,6)7/h8-9,11-12,14,17H,10,13,15H2,1-7H3,(H,28,32)/t17-/m0/s1. The van der Waals surface area contributed by atoms with Gasteiger partial charge in [0.25, 0.3) is 0 Å². The normalized spacial score (nSPS) is 12.7. The van der Waals surface area contributed by atoms with Crippen molar-refractivity contribution in [3.8, 4) is 0 Å². The van der Waals surface area contributed by atoms with E-state index in [1.54, 1.807) is 43.2 Å². The predicted molar refractivity (Wildman–Crippen MR) is 146 cm³/mol. The van der Waals surface area contributed by atoms with Crippen molar-refractivity contribution in [1.29, 1.82) is 0 Å². The van der Waals surface area contributed by atoms with E-state index in [1.165, 1.54) is 11.3 Å². The number of alkyl carbamates (subject to hydrolysis) is 1. The molecule has 11 heteroatoms. The largest absolute Gasteiger partial charge is 0.444 e. The van der Waals surface area contributed by atoms with Crippen LogP contribution in [-0.2, 0) is 27.2 Å². The summed E-state index contributed by atoms with van der Waals surface area (Å²) >= 11 is 3.02. The first-order chi connectivity index (χ1) is 17.3. The van der Waals surface area contributed by atoms with Crippen molar-refractivity contribution < 1.29 is 23.9 Å². The first-order valence-corrected chi connectivity index (χ1v) is 13.7. The molecule has 0 aliphatic heterocycles. The number of hydrogen-bond donors (Lipinski definition) is 1. The van der Waals surface area contributed by atoms with Gasteiger partial charge >= 0.3 is 12.2 Å². The minimum atomic E-state index is -0.670. The molecule has 2 amide bonds. The minimum absolute atomic E-state index is 0.133. The molecule has 0 unspecified atom stereocenters. The topological polar surface area (TPSA) is 111 Å². The van der Waals surface area contributed by atoms with Crippen molar-refractivity contribution in [3.05, 3.63) is 39.0 Å². The number of fused-ring (bicyclic) bond motifs is 1. The van der Waals surface area contributed by atoms with Gasteiger partial charge in [-0.05, 0) is 65.5 Å². The summed E-state index contributed by atoms with van der Waals surface area (Å²) < 4.78 is 11.9. The van der Waals surface area contributed by atoms with E-state index in [9.17, 15) is 14.4 Å². The molecule has 0 bridgehead atoms. The number of aldehydes is 1. The highest BCUT2D eigenvalue weighted by molar-refractivity contribution is 7.19. The SMILES string of the molecule is Cc1c(C[C@H](CC=O)NC(=O)OC(C)(C)C)sc2c(N(Cc3cccs3)C(=O)OC(C)(C)C)cnnc12. The van der Waals surface area contributed by atoms with Crippen molar-refractivity contribution >= 4 is 57.1 Å². The van der Waals surface area contributed by atoms with Crippen molar-refractivity contribution in [2.45, 2.75) is 85.1 Å². The quantitative estimate of drug-likeness (QED) is 0.344. The van der Waals surface area contributed by atoms with Crippen molar-refractivity contribution in [1.82, 2.24) is 15.5 Å². The monoisotopic (exact) mass is 546 g/mol. The van der Waals surface area contributed by atoms with Gasteiger partial charge in [-0.25, -0.2) is 9.59 Å². The molecule has 200 valence electrons. The predicted octanol–water partition coefficient (Wildman–Crippen LogP) is 6.03. The molecule has 3 aromatic heterocycles. The number of rotatable bonds is 8. The average Bonchev–Trinajstić information content (AvgIpc) is 3.38. The molecular weight excluding hydrogens is 512 g/mol. The summed E-state index contributed by atoms with van der Waals surface area (Å²) in [5.74, 6) is 0. The number of nitrogens with one attached hydrogen (secondary N) is 1. The van der Waals surface area contributed by atoms with Crippen molar-refractivity contribution in [2.75, 3.05) is 4.90 Å². The summed E-state index contributed by atoms with van der Waals surface area (Å²) in [7, 11) is 0. The molecule has 0 aliphatic rings. The molecule has 0 fully saturated rings. The van der Waals surface area contributed by atoms with Gasteiger partial charge in [-0.2, -0.15) is 5.10 Å². The minimum Gasteiger partial charge on any atom is -0.444 e. The Morgan fingerprint density at radius 2 is 1.86 bits per heavy atom. The lowest BCUT2D eigenvalue weighted by molar-refractivity contribution is -0.108. The number of ether oxygens (including phenoxy) is 2. The van der Waals surface area contributed by atoms with E-state index in [4.69, 9.17) is 9.47 Å². The fourth-order valence-corrected chi connectivity index (χ4v) is 5.59. The first-order valence-electron chi connectivity index (χ1n) is 12.0. The number of amides is 2. The van der Waals surface area contributed by atoms with E-state index in [2.05, 4.69) is 15.5 Å². The zero-order chi connectivity index (χ0) is 27.4. The lowest BCUT2D eigenvalue weighted by Gasteiger charge is -2.27. The molecule has 0 aliphatic carbocycles. The fraction of sp³-hybridized carbons (Fsp3) is 0.500. The Balaban J connectivity index is 1.97. The van der Waals surface area contributed by atoms with Gasteiger partial charge in [-0.1, -0.05) is 6.07 Å². The highest BCUT2D eigenvalue weighted by Crippen LogP contribution is 2.37. The third-order valence-corrected chi connectivity index (χ3v) is 7.30. The van der Waals surface area contributed by atoms with E-state index >= 15 is 0 Å². The van der Waals surface area contributed by atoms with Crippen LogP contribution in [0, 0.1) is 6.92 Å². The van der Waals surface area contributed by atoms with E-state index in [1.807, 2.05) is 45.2 Å². The van der Waals surface area contributed by atoms with Crippen LogP contribution in [0.15, 0.2) is 23.7 Å². The maximum atomic E-state index is 13.3. The maximum Gasteiger partial charge on any atom is 0.415 e. The Morgan fingerprint density at radius 3 is 2.46 bits per heavy atom. The fourth-order valence-electron chi connectivity index (χ4n) is 3.56. The van der Waals surface area contributed by atoms with Crippen LogP contribution in [0.25, 0.3) is 10.2 Å². The highest BCUT2D eigenvalue weighted by Gasteiger charge is 2.28. The number of anilines is 1. The van der Waals surface area contributed by atoms with E-state index in [0.717, 1.165) is 26.3 Å². The van der Waals surface area contributed by atoms with Crippen LogP contribution in [-0.4, -0.2) is 45.9 Å². The van der Waals surface area contributed by atoms with Crippen LogP contribution in [0.4, 0.5) is 15.3 Å². The van der Waals surface area contributed by atoms with Crippen LogP contribution in [0.1, 0.15) is 63.3 Å². The molecule has 1 N–H and O–H groups in total. The molecule has 0 aromatic carbocycles. The molecule has 3 aromatic rings.